The van der Waals surface area contributed by atoms with Crippen molar-refractivity contribution in [2.24, 2.45) is 0 Å². The van der Waals surface area contributed by atoms with Crippen LogP contribution in [-0.2, 0) is 17.6 Å². The standard InChI is InChI=1S/C31H36N2O4/c1-2-3-4-5-11-21-33(31-32-27-14-9-10-15-28(27)37-31)22-20-24-16-18-26(19-17-24)36-29(30(34)35)23-25-12-7-6-8-13-25/h6-10,12-19,29H,2-5,11,20-23H2,1H3,(H,34,35)/p-1/t29-/m0/s1. The van der Waals surface area contributed by atoms with E-state index in [2.05, 4.69) is 11.8 Å². The SMILES string of the molecule is CCCCCCCN(CCc1ccc(O[C@@H](Cc2ccccc2)C(=O)[O-])cc1)c1nc2ccccc2o1. The van der Waals surface area contributed by atoms with Crippen LogP contribution < -0.4 is 14.7 Å². The van der Waals surface area contributed by atoms with E-state index in [1.54, 1.807) is 0 Å². The van der Waals surface area contributed by atoms with E-state index in [1.807, 2.05) is 78.9 Å². The number of carboxylic acids is 1. The van der Waals surface area contributed by atoms with Crippen molar-refractivity contribution in [1.82, 2.24) is 4.98 Å². The van der Waals surface area contributed by atoms with Gasteiger partial charge in [-0.1, -0.05) is 87.2 Å². The molecule has 4 aromatic rings. The minimum absolute atomic E-state index is 0.253. The molecule has 37 heavy (non-hydrogen) atoms. The van der Waals surface area contributed by atoms with Crippen molar-refractivity contribution in [3.63, 3.8) is 0 Å². The minimum atomic E-state index is -1.22. The zero-order valence-corrected chi connectivity index (χ0v) is 21.5. The smallest absolute Gasteiger partial charge is 0.298 e. The van der Waals surface area contributed by atoms with Gasteiger partial charge in [-0.05, 0) is 48.2 Å². The van der Waals surface area contributed by atoms with Crippen molar-refractivity contribution in [1.29, 1.82) is 0 Å². The Kier molecular flexibility index (Phi) is 9.58. The van der Waals surface area contributed by atoms with Crippen LogP contribution in [-0.4, -0.2) is 30.1 Å². The number of unbranched alkanes of at least 4 members (excludes halogenated alkanes) is 4. The Balaban J connectivity index is 1.37. The molecule has 0 saturated heterocycles. The summed E-state index contributed by atoms with van der Waals surface area (Å²) in [5.74, 6) is -0.707. The van der Waals surface area contributed by atoms with Crippen LogP contribution >= 0.6 is 0 Å². The molecular weight excluding hydrogens is 464 g/mol. The zero-order valence-electron chi connectivity index (χ0n) is 21.5. The first-order valence-electron chi connectivity index (χ1n) is 13.2. The summed E-state index contributed by atoms with van der Waals surface area (Å²) in [6.07, 6.45) is 6.04. The van der Waals surface area contributed by atoms with Crippen LogP contribution in [0.2, 0.25) is 0 Å². The average Bonchev–Trinajstić information content (AvgIpc) is 3.35. The van der Waals surface area contributed by atoms with Gasteiger partial charge in [-0.2, -0.15) is 4.98 Å². The number of oxazole rings is 1. The molecule has 3 aromatic carbocycles. The molecule has 194 valence electrons. The van der Waals surface area contributed by atoms with Crippen molar-refractivity contribution >= 4 is 23.1 Å². The van der Waals surface area contributed by atoms with E-state index in [1.165, 1.54) is 25.7 Å². The number of hydrogen-bond acceptors (Lipinski definition) is 6. The number of carbonyl (C=O) groups excluding carboxylic acids is 1. The maximum absolute atomic E-state index is 11.6. The van der Waals surface area contributed by atoms with Gasteiger partial charge in [-0.25, -0.2) is 0 Å². The fourth-order valence-corrected chi connectivity index (χ4v) is 4.37. The number of ether oxygens (including phenoxy) is 1. The van der Waals surface area contributed by atoms with Crippen LogP contribution in [0.25, 0.3) is 11.1 Å². The van der Waals surface area contributed by atoms with E-state index in [0.717, 1.165) is 48.2 Å². The molecule has 0 bridgehead atoms. The van der Waals surface area contributed by atoms with Crippen LogP contribution in [0.1, 0.15) is 50.2 Å². The molecule has 0 spiro atoms. The number of fused-ring (bicyclic) bond motifs is 1. The number of aromatic nitrogens is 1. The molecule has 1 atom stereocenters. The molecule has 0 aliphatic rings. The Hall–Kier alpha value is -3.80. The van der Waals surface area contributed by atoms with Gasteiger partial charge < -0.3 is 24.0 Å². The van der Waals surface area contributed by atoms with E-state index in [-0.39, 0.29) is 6.42 Å². The third-order valence-corrected chi connectivity index (χ3v) is 6.48. The van der Waals surface area contributed by atoms with Crippen molar-refractivity contribution in [3.8, 4) is 5.75 Å². The number of anilines is 1. The van der Waals surface area contributed by atoms with E-state index >= 15 is 0 Å². The molecule has 6 heteroatoms. The molecule has 0 saturated carbocycles. The number of benzene rings is 3. The summed E-state index contributed by atoms with van der Waals surface area (Å²) < 4.78 is 11.8. The lowest BCUT2D eigenvalue weighted by molar-refractivity contribution is -0.313. The van der Waals surface area contributed by atoms with Gasteiger partial charge in [0.25, 0.3) is 6.01 Å². The number of carbonyl (C=O) groups is 1. The van der Waals surface area contributed by atoms with E-state index in [0.29, 0.717) is 11.8 Å². The molecule has 0 unspecified atom stereocenters. The molecule has 0 aliphatic heterocycles. The number of rotatable bonds is 15. The van der Waals surface area contributed by atoms with E-state index in [4.69, 9.17) is 14.1 Å². The number of para-hydroxylation sites is 2. The Morgan fingerprint density at radius 3 is 2.35 bits per heavy atom. The molecule has 6 nitrogen and oxygen atoms in total. The Labute approximate surface area is 218 Å². The molecule has 0 N–H and O–H groups in total. The molecule has 0 amide bonds. The molecular formula is C31H35N2O4-. The topological polar surface area (TPSA) is 78.6 Å². The molecule has 1 heterocycles. The van der Waals surface area contributed by atoms with Crippen molar-refractivity contribution in [3.05, 3.63) is 90.0 Å². The molecule has 0 fully saturated rings. The molecule has 1 aromatic heterocycles. The Bertz CT molecular complexity index is 1200. The lowest BCUT2D eigenvalue weighted by Crippen LogP contribution is -2.41. The summed E-state index contributed by atoms with van der Waals surface area (Å²) in [4.78, 5) is 18.6. The molecule has 0 radical (unpaired) electrons. The second-order valence-electron chi connectivity index (χ2n) is 9.37. The quantitative estimate of drug-likeness (QED) is 0.199. The summed E-state index contributed by atoms with van der Waals surface area (Å²) in [5.41, 5.74) is 3.69. The van der Waals surface area contributed by atoms with Gasteiger partial charge in [0.05, 0.1) is 5.97 Å². The van der Waals surface area contributed by atoms with Gasteiger partial charge in [0, 0.05) is 19.5 Å². The third-order valence-electron chi connectivity index (χ3n) is 6.48. The molecule has 0 aliphatic carbocycles. The third kappa shape index (κ3) is 7.84. The van der Waals surface area contributed by atoms with E-state index in [9.17, 15) is 9.90 Å². The first-order valence-corrected chi connectivity index (χ1v) is 13.2. The summed E-state index contributed by atoms with van der Waals surface area (Å²) in [5, 5.41) is 11.6. The van der Waals surface area contributed by atoms with Gasteiger partial charge in [-0.15, -0.1) is 0 Å². The molecule has 4 rings (SSSR count). The normalized spacial score (nSPS) is 11.9. The van der Waals surface area contributed by atoms with Gasteiger partial charge >= 0.3 is 0 Å². The fraction of sp³-hybridized carbons (Fsp3) is 0.355. The van der Waals surface area contributed by atoms with Gasteiger partial charge in [-0.3, -0.25) is 0 Å². The number of carboxylic acid groups (broad SMARTS) is 1. The second-order valence-corrected chi connectivity index (χ2v) is 9.37. The number of aliphatic carboxylic acids is 1. The number of nitrogens with zero attached hydrogens (tertiary/aromatic N) is 2. The lowest BCUT2D eigenvalue weighted by Gasteiger charge is -2.21. The Morgan fingerprint density at radius 2 is 1.62 bits per heavy atom. The van der Waals surface area contributed by atoms with Gasteiger partial charge in [0.2, 0.25) is 0 Å². The van der Waals surface area contributed by atoms with Crippen LogP contribution in [0.5, 0.6) is 5.75 Å². The maximum Gasteiger partial charge on any atom is 0.298 e. The van der Waals surface area contributed by atoms with Crippen molar-refractivity contribution < 1.29 is 19.1 Å². The van der Waals surface area contributed by atoms with Crippen LogP contribution in [0.3, 0.4) is 0 Å². The fourth-order valence-electron chi connectivity index (χ4n) is 4.37. The first-order chi connectivity index (χ1) is 18.1. The van der Waals surface area contributed by atoms with Crippen LogP contribution in [0.4, 0.5) is 6.01 Å². The van der Waals surface area contributed by atoms with Crippen LogP contribution in [0.15, 0.2) is 83.3 Å². The summed E-state index contributed by atoms with van der Waals surface area (Å²) >= 11 is 0. The van der Waals surface area contributed by atoms with Crippen molar-refractivity contribution in [2.45, 2.75) is 58.0 Å². The van der Waals surface area contributed by atoms with Crippen molar-refractivity contribution in [2.75, 3.05) is 18.0 Å². The van der Waals surface area contributed by atoms with Gasteiger partial charge in [0.1, 0.15) is 17.4 Å². The number of hydrogen-bond donors (Lipinski definition) is 0. The van der Waals surface area contributed by atoms with Gasteiger partial charge in [0.15, 0.2) is 5.58 Å². The lowest BCUT2D eigenvalue weighted by atomic mass is 10.1. The summed E-state index contributed by atoms with van der Waals surface area (Å²) in [7, 11) is 0. The summed E-state index contributed by atoms with van der Waals surface area (Å²) in [6, 6.07) is 25.5. The highest BCUT2D eigenvalue weighted by atomic mass is 16.5. The monoisotopic (exact) mass is 499 g/mol. The summed E-state index contributed by atoms with van der Waals surface area (Å²) in [6.45, 7) is 3.89. The first kappa shape index (κ1) is 26.3. The maximum atomic E-state index is 11.6. The highest BCUT2D eigenvalue weighted by Gasteiger charge is 2.15. The average molecular weight is 500 g/mol. The highest BCUT2D eigenvalue weighted by molar-refractivity contribution is 5.74. The van der Waals surface area contributed by atoms with Crippen LogP contribution in [0, 0.1) is 0 Å². The largest absolute Gasteiger partial charge is 0.546 e. The minimum Gasteiger partial charge on any atom is -0.546 e. The Morgan fingerprint density at radius 1 is 0.892 bits per heavy atom. The predicted molar refractivity (Wildman–Crippen MR) is 145 cm³/mol. The second kappa shape index (κ2) is 13.5. The van der Waals surface area contributed by atoms with E-state index < -0.39 is 12.1 Å². The predicted octanol–water partition coefficient (Wildman–Crippen LogP) is 5.59. The highest BCUT2D eigenvalue weighted by Crippen LogP contribution is 2.23. The zero-order chi connectivity index (χ0) is 25.9.